The minimum absolute atomic E-state index is 0.785. The molecule has 0 aromatic carbocycles. The van der Waals surface area contributed by atoms with E-state index >= 15 is 0 Å². The van der Waals surface area contributed by atoms with E-state index in [2.05, 4.69) is 20.4 Å². The Morgan fingerprint density at radius 3 is 2.94 bits per heavy atom. The maximum Gasteiger partial charge on any atom is 0.151 e. The second-order valence-corrected chi connectivity index (χ2v) is 3.58. The van der Waals surface area contributed by atoms with Crippen LogP contribution in [0.2, 0.25) is 0 Å². The molecule has 0 aliphatic rings. The predicted octanol–water partition coefficient (Wildman–Crippen LogP) is 0.542. The Kier molecular flexibility index (Phi) is 3.61. The highest BCUT2D eigenvalue weighted by Crippen LogP contribution is 1.93. The Balaban J connectivity index is 1.69. The summed E-state index contributed by atoms with van der Waals surface area (Å²) in [6, 6.07) is 5.91. The fourth-order valence-electron chi connectivity index (χ4n) is 1.42. The first-order valence-electron chi connectivity index (χ1n) is 5.30. The summed E-state index contributed by atoms with van der Waals surface area (Å²) >= 11 is 0. The number of pyridine rings is 1. The molecule has 0 fully saturated rings. The van der Waals surface area contributed by atoms with Gasteiger partial charge in [-0.15, -0.1) is 0 Å². The van der Waals surface area contributed by atoms with Gasteiger partial charge in [0, 0.05) is 32.8 Å². The fraction of sp³-hybridized carbons (Fsp3) is 0.364. The van der Waals surface area contributed by atoms with Crippen molar-refractivity contribution in [3.63, 3.8) is 0 Å². The van der Waals surface area contributed by atoms with E-state index in [1.807, 2.05) is 25.2 Å². The van der Waals surface area contributed by atoms with Gasteiger partial charge in [0.05, 0.1) is 5.69 Å². The molecular weight excluding hydrogens is 202 g/mol. The zero-order valence-electron chi connectivity index (χ0n) is 9.30. The van der Waals surface area contributed by atoms with E-state index < -0.39 is 0 Å². The third-order valence-electron chi connectivity index (χ3n) is 2.20. The summed E-state index contributed by atoms with van der Waals surface area (Å²) in [7, 11) is 1.87. The van der Waals surface area contributed by atoms with Crippen LogP contribution in [0.5, 0.6) is 0 Å². The van der Waals surface area contributed by atoms with Gasteiger partial charge in [0.25, 0.3) is 0 Å². The Labute approximate surface area is 94.5 Å². The second kappa shape index (κ2) is 5.37. The highest BCUT2D eigenvalue weighted by atomic mass is 15.3. The van der Waals surface area contributed by atoms with E-state index in [1.54, 1.807) is 17.2 Å². The molecule has 5 nitrogen and oxygen atoms in total. The molecule has 0 aliphatic carbocycles. The summed E-state index contributed by atoms with van der Waals surface area (Å²) < 4.78 is 1.72. The Hall–Kier alpha value is -1.75. The number of nitrogens with one attached hydrogen (secondary N) is 1. The van der Waals surface area contributed by atoms with Crippen molar-refractivity contribution in [2.75, 3.05) is 6.54 Å². The molecule has 2 aromatic heterocycles. The van der Waals surface area contributed by atoms with Gasteiger partial charge in [-0.3, -0.25) is 9.67 Å². The number of nitrogens with zero attached hydrogens (tertiary/aromatic N) is 4. The molecule has 16 heavy (non-hydrogen) atoms. The molecule has 0 atom stereocenters. The molecular formula is C11H15N5. The van der Waals surface area contributed by atoms with Gasteiger partial charge >= 0.3 is 0 Å². The van der Waals surface area contributed by atoms with E-state index in [0.29, 0.717) is 0 Å². The van der Waals surface area contributed by atoms with E-state index in [1.165, 1.54) is 0 Å². The fourth-order valence-corrected chi connectivity index (χ4v) is 1.42. The van der Waals surface area contributed by atoms with E-state index in [4.69, 9.17) is 0 Å². The van der Waals surface area contributed by atoms with Gasteiger partial charge in [-0.25, -0.2) is 4.98 Å². The third-order valence-corrected chi connectivity index (χ3v) is 2.20. The molecule has 2 rings (SSSR count). The van der Waals surface area contributed by atoms with Gasteiger partial charge in [-0.2, -0.15) is 5.10 Å². The van der Waals surface area contributed by atoms with E-state index in [0.717, 1.165) is 31.0 Å². The van der Waals surface area contributed by atoms with Crippen LogP contribution in [0, 0.1) is 0 Å². The molecule has 0 saturated heterocycles. The standard InChI is InChI=1S/C11H15N5/c1-16-9-14-11(15-16)5-7-12-8-10-4-2-3-6-13-10/h2-4,6,9,12H,5,7-8H2,1H3. The van der Waals surface area contributed by atoms with Gasteiger partial charge in [-0.1, -0.05) is 6.07 Å². The maximum absolute atomic E-state index is 4.23. The molecule has 0 unspecified atom stereocenters. The van der Waals surface area contributed by atoms with Crippen LogP contribution in [0.3, 0.4) is 0 Å². The molecule has 2 aromatic rings. The average molecular weight is 217 g/mol. The normalized spacial score (nSPS) is 10.6. The van der Waals surface area contributed by atoms with Crippen molar-refractivity contribution in [2.24, 2.45) is 7.05 Å². The Bertz CT molecular complexity index is 423. The van der Waals surface area contributed by atoms with E-state index in [-0.39, 0.29) is 0 Å². The average Bonchev–Trinajstić information content (AvgIpc) is 2.72. The summed E-state index contributed by atoms with van der Waals surface area (Å²) in [5.74, 6) is 0.871. The van der Waals surface area contributed by atoms with Gasteiger partial charge in [0.2, 0.25) is 0 Å². The highest BCUT2D eigenvalue weighted by molar-refractivity contribution is 5.02. The number of hydrogen-bond acceptors (Lipinski definition) is 4. The lowest BCUT2D eigenvalue weighted by molar-refractivity contribution is 0.652. The van der Waals surface area contributed by atoms with Crippen molar-refractivity contribution in [2.45, 2.75) is 13.0 Å². The van der Waals surface area contributed by atoms with E-state index in [9.17, 15) is 0 Å². The molecule has 0 aliphatic heterocycles. The van der Waals surface area contributed by atoms with Crippen molar-refractivity contribution < 1.29 is 0 Å². The zero-order chi connectivity index (χ0) is 11.2. The monoisotopic (exact) mass is 217 g/mol. The highest BCUT2D eigenvalue weighted by Gasteiger charge is 1.98. The number of aryl methyl sites for hydroxylation is 1. The smallest absolute Gasteiger partial charge is 0.151 e. The first-order chi connectivity index (χ1) is 7.84. The van der Waals surface area contributed by atoms with Crippen molar-refractivity contribution in [1.82, 2.24) is 25.1 Å². The van der Waals surface area contributed by atoms with Gasteiger partial charge in [0.1, 0.15) is 6.33 Å². The van der Waals surface area contributed by atoms with Crippen LogP contribution in [-0.4, -0.2) is 26.3 Å². The molecule has 0 radical (unpaired) electrons. The number of hydrogen-bond donors (Lipinski definition) is 1. The summed E-state index contributed by atoms with van der Waals surface area (Å²) in [5, 5.41) is 7.51. The Morgan fingerprint density at radius 1 is 1.31 bits per heavy atom. The summed E-state index contributed by atoms with van der Waals surface area (Å²) in [6.07, 6.45) is 4.36. The van der Waals surface area contributed by atoms with Crippen LogP contribution >= 0.6 is 0 Å². The van der Waals surface area contributed by atoms with Crippen LogP contribution in [-0.2, 0) is 20.0 Å². The first kappa shape index (κ1) is 10.8. The van der Waals surface area contributed by atoms with Crippen molar-refractivity contribution in [1.29, 1.82) is 0 Å². The SMILES string of the molecule is Cn1cnc(CCNCc2ccccn2)n1. The molecule has 1 N–H and O–H groups in total. The largest absolute Gasteiger partial charge is 0.311 e. The first-order valence-corrected chi connectivity index (χ1v) is 5.30. The minimum Gasteiger partial charge on any atom is -0.311 e. The molecule has 0 bridgehead atoms. The molecule has 2 heterocycles. The summed E-state index contributed by atoms with van der Waals surface area (Å²) in [6.45, 7) is 1.65. The van der Waals surface area contributed by atoms with Crippen LogP contribution in [0.25, 0.3) is 0 Å². The third kappa shape index (κ3) is 3.13. The van der Waals surface area contributed by atoms with Crippen molar-refractivity contribution in [3.8, 4) is 0 Å². The van der Waals surface area contributed by atoms with Gasteiger partial charge in [-0.05, 0) is 12.1 Å². The molecule has 84 valence electrons. The van der Waals surface area contributed by atoms with Crippen molar-refractivity contribution >= 4 is 0 Å². The van der Waals surface area contributed by atoms with Crippen LogP contribution in [0.4, 0.5) is 0 Å². The van der Waals surface area contributed by atoms with Crippen molar-refractivity contribution in [3.05, 3.63) is 42.2 Å². The van der Waals surface area contributed by atoms with Gasteiger partial charge in [0.15, 0.2) is 5.82 Å². The van der Waals surface area contributed by atoms with Crippen LogP contribution in [0.15, 0.2) is 30.7 Å². The maximum atomic E-state index is 4.23. The zero-order valence-corrected chi connectivity index (χ0v) is 9.30. The molecule has 0 spiro atoms. The minimum atomic E-state index is 0.785. The quantitative estimate of drug-likeness (QED) is 0.743. The predicted molar refractivity (Wildman–Crippen MR) is 60.7 cm³/mol. The number of rotatable bonds is 5. The lowest BCUT2D eigenvalue weighted by atomic mass is 10.3. The van der Waals surface area contributed by atoms with Crippen LogP contribution in [0.1, 0.15) is 11.5 Å². The van der Waals surface area contributed by atoms with Crippen LogP contribution < -0.4 is 5.32 Å². The second-order valence-electron chi connectivity index (χ2n) is 3.58. The molecule has 5 heteroatoms. The Morgan fingerprint density at radius 2 is 2.25 bits per heavy atom. The number of aromatic nitrogens is 4. The lowest BCUT2D eigenvalue weighted by Gasteiger charge is -2.01. The molecule has 0 saturated carbocycles. The topological polar surface area (TPSA) is 55.6 Å². The summed E-state index contributed by atoms with van der Waals surface area (Å²) in [4.78, 5) is 8.39. The van der Waals surface area contributed by atoms with Gasteiger partial charge < -0.3 is 5.32 Å². The lowest BCUT2D eigenvalue weighted by Crippen LogP contribution is -2.17. The summed E-state index contributed by atoms with van der Waals surface area (Å²) in [5.41, 5.74) is 1.05. The molecule has 0 amide bonds.